The molecule has 1 fully saturated rings. The van der Waals surface area contributed by atoms with Gasteiger partial charge in [-0.25, -0.2) is 0 Å². The maximum Gasteiger partial charge on any atom is 0.230 e. The first-order valence-electron chi connectivity index (χ1n) is 8.13. The number of carbonyl (C=O) groups is 1. The Labute approximate surface area is 146 Å². The molecule has 0 unspecified atom stereocenters. The maximum absolute atomic E-state index is 12.0. The van der Waals surface area contributed by atoms with Gasteiger partial charge in [0.05, 0.1) is 11.9 Å². The van der Waals surface area contributed by atoms with Crippen LogP contribution in [0, 0.1) is 13.8 Å². The Morgan fingerprint density at radius 1 is 1.33 bits per heavy atom. The lowest BCUT2D eigenvalue weighted by atomic mass is 10.2. The van der Waals surface area contributed by atoms with E-state index in [1.807, 2.05) is 23.6 Å². The number of amides is 1. The van der Waals surface area contributed by atoms with Crippen molar-refractivity contribution in [3.05, 3.63) is 35.7 Å². The van der Waals surface area contributed by atoms with E-state index in [-0.39, 0.29) is 12.0 Å². The average molecular weight is 346 g/mol. The smallest absolute Gasteiger partial charge is 0.230 e. The van der Waals surface area contributed by atoms with Crippen LogP contribution in [0.1, 0.15) is 24.2 Å². The minimum absolute atomic E-state index is 0.00777. The first-order chi connectivity index (χ1) is 11.6. The van der Waals surface area contributed by atoms with E-state index < -0.39 is 0 Å². The van der Waals surface area contributed by atoms with Crippen molar-refractivity contribution in [2.45, 2.75) is 37.9 Å². The zero-order valence-corrected chi connectivity index (χ0v) is 14.8. The SMILES string of the molecule is Cc1ccc(-n2c(C)nnc2SCC(=O)NC[C@@H]2CCCO2)cc1. The molecule has 1 aromatic heterocycles. The fourth-order valence-corrected chi connectivity index (χ4v) is 3.47. The summed E-state index contributed by atoms with van der Waals surface area (Å²) in [6, 6.07) is 8.18. The summed E-state index contributed by atoms with van der Waals surface area (Å²) >= 11 is 1.39. The zero-order chi connectivity index (χ0) is 16.9. The lowest BCUT2D eigenvalue weighted by Crippen LogP contribution is -2.32. The highest BCUT2D eigenvalue weighted by atomic mass is 32.2. The number of aryl methyl sites for hydroxylation is 2. The molecule has 1 aromatic carbocycles. The molecule has 0 bridgehead atoms. The molecule has 1 saturated heterocycles. The summed E-state index contributed by atoms with van der Waals surface area (Å²) in [4.78, 5) is 12.0. The second-order valence-electron chi connectivity index (χ2n) is 5.93. The van der Waals surface area contributed by atoms with Gasteiger partial charge in [-0.2, -0.15) is 0 Å². The van der Waals surface area contributed by atoms with Gasteiger partial charge in [0.25, 0.3) is 0 Å². The van der Waals surface area contributed by atoms with Crippen LogP contribution in [0.2, 0.25) is 0 Å². The molecule has 3 rings (SSSR count). The Balaban J connectivity index is 1.59. The van der Waals surface area contributed by atoms with Gasteiger partial charge in [0.15, 0.2) is 5.16 Å². The number of rotatable bonds is 6. The Kier molecular flexibility index (Phi) is 5.52. The third-order valence-corrected chi connectivity index (χ3v) is 4.90. The second-order valence-corrected chi connectivity index (χ2v) is 6.87. The van der Waals surface area contributed by atoms with Crippen molar-refractivity contribution >= 4 is 17.7 Å². The molecule has 7 heteroatoms. The molecule has 6 nitrogen and oxygen atoms in total. The van der Waals surface area contributed by atoms with Gasteiger partial charge in [-0.1, -0.05) is 29.5 Å². The Morgan fingerprint density at radius 2 is 2.12 bits per heavy atom. The minimum Gasteiger partial charge on any atom is -0.376 e. The van der Waals surface area contributed by atoms with Gasteiger partial charge in [-0.3, -0.25) is 9.36 Å². The van der Waals surface area contributed by atoms with Crippen LogP contribution >= 0.6 is 11.8 Å². The molecule has 0 saturated carbocycles. The molecule has 1 amide bonds. The predicted octanol–water partition coefficient (Wildman–Crippen LogP) is 2.27. The van der Waals surface area contributed by atoms with E-state index in [9.17, 15) is 4.79 Å². The molecule has 1 aliphatic heterocycles. The highest BCUT2D eigenvalue weighted by molar-refractivity contribution is 7.99. The highest BCUT2D eigenvalue weighted by Crippen LogP contribution is 2.22. The van der Waals surface area contributed by atoms with Gasteiger partial charge in [-0.05, 0) is 38.8 Å². The van der Waals surface area contributed by atoms with Crippen molar-refractivity contribution in [1.29, 1.82) is 0 Å². The molecule has 1 N–H and O–H groups in total. The van der Waals surface area contributed by atoms with Gasteiger partial charge < -0.3 is 10.1 Å². The lowest BCUT2D eigenvalue weighted by Gasteiger charge is -2.11. The Morgan fingerprint density at radius 3 is 2.83 bits per heavy atom. The summed E-state index contributed by atoms with van der Waals surface area (Å²) in [7, 11) is 0. The number of nitrogens with one attached hydrogen (secondary N) is 1. The van der Waals surface area contributed by atoms with Crippen LogP contribution in [-0.2, 0) is 9.53 Å². The fourth-order valence-electron chi connectivity index (χ4n) is 2.64. The van der Waals surface area contributed by atoms with Crippen LogP contribution in [0.3, 0.4) is 0 Å². The van der Waals surface area contributed by atoms with Gasteiger partial charge in [0.1, 0.15) is 5.82 Å². The van der Waals surface area contributed by atoms with Crippen LogP contribution in [0.5, 0.6) is 0 Å². The van der Waals surface area contributed by atoms with E-state index in [1.165, 1.54) is 17.3 Å². The number of benzene rings is 1. The first-order valence-corrected chi connectivity index (χ1v) is 9.12. The van der Waals surface area contributed by atoms with Crippen LogP contribution < -0.4 is 5.32 Å². The number of carbonyl (C=O) groups excluding carboxylic acids is 1. The van der Waals surface area contributed by atoms with Crippen molar-refractivity contribution < 1.29 is 9.53 Å². The number of ether oxygens (including phenoxy) is 1. The number of hydrogen-bond donors (Lipinski definition) is 1. The fraction of sp³-hybridized carbons (Fsp3) is 0.471. The number of aromatic nitrogens is 3. The highest BCUT2D eigenvalue weighted by Gasteiger charge is 2.17. The monoisotopic (exact) mass is 346 g/mol. The molecule has 128 valence electrons. The zero-order valence-electron chi connectivity index (χ0n) is 14.0. The largest absolute Gasteiger partial charge is 0.376 e. The first kappa shape index (κ1) is 17.0. The molecule has 0 radical (unpaired) electrons. The summed E-state index contributed by atoms with van der Waals surface area (Å²) in [5.74, 6) is 1.12. The van der Waals surface area contributed by atoms with E-state index in [2.05, 4.69) is 34.6 Å². The van der Waals surface area contributed by atoms with Gasteiger partial charge in [0, 0.05) is 18.8 Å². The van der Waals surface area contributed by atoms with Crippen LogP contribution in [0.25, 0.3) is 5.69 Å². The lowest BCUT2D eigenvalue weighted by molar-refractivity contribution is -0.119. The van der Waals surface area contributed by atoms with Gasteiger partial charge in [0.2, 0.25) is 5.91 Å². The molecular weight excluding hydrogens is 324 g/mol. The second kappa shape index (κ2) is 7.81. The van der Waals surface area contributed by atoms with Crippen LogP contribution in [-0.4, -0.2) is 45.7 Å². The standard InChI is InChI=1S/C17H22N4O2S/c1-12-5-7-14(8-6-12)21-13(2)19-20-17(21)24-11-16(22)18-10-15-4-3-9-23-15/h5-8,15H,3-4,9-11H2,1-2H3,(H,18,22)/t15-/m0/s1. The molecule has 2 heterocycles. The topological polar surface area (TPSA) is 69.0 Å². The van der Waals surface area contributed by atoms with E-state index in [4.69, 9.17) is 4.74 Å². The van der Waals surface area contributed by atoms with E-state index in [0.29, 0.717) is 12.3 Å². The number of thioether (sulfide) groups is 1. The molecule has 1 aliphatic rings. The Hall–Kier alpha value is -1.86. The average Bonchev–Trinajstić information content (AvgIpc) is 3.22. The van der Waals surface area contributed by atoms with E-state index in [0.717, 1.165) is 36.1 Å². The summed E-state index contributed by atoms with van der Waals surface area (Å²) in [6.45, 7) is 5.35. The molecule has 0 spiro atoms. The van der Waals surface area contributed by atoms with Crippen molar-refractivity contribution in [2.75, 3.05) is 18.9 Å². The maximum atomic E-state index is 12.0. The predicted molar refractivity (Wildman–Crippen MR) is 93.5 cm³/mol. The molecule has 1 atom stereocenters. The molecule has 0 aliphatic carbocycles. The van der Waals surface area contributed by atoms with Gasteiger partial charge in [-0.15, -0.1) is 10.2 Å². The number of hydrogen-bond acceptors (Lipinski definition) is 5. The summed E-state index contributed by atoms with van der Waals surface area (Å²) in [6.07, 6.45) is 2.26. The van der Waals surface area contributed by atoms with Crippen molar-refractivity contribution in [2.24, 2.45) is 0 Å². The van der Waals surface area contributed by atoms with E-state index >= 15 is 0 Å². The Bertz CT molecular complexity index is 693. The summed E-state index contributed by atoms with van der Waals surface area (Å²) in [5.41, 5.74) is 2.21. The molecule has 2 aromatic rings. The normalized spacial score (nSPS) is 17.2. The van der Waals surface area contributed by atoms with Crippen LogP contribution in [0.15, 0.2) is 29.4 Å². The quantitative estimate of drug-likeness (QED) is 0.813. The summed E-state index contributed by atoms with van der Waals surface area (Å²) in [5, 5.41) is 12.0. The van der Waals surface area contributed by atoms with Crippen molar-refractivity contribution in [3.63, 3.8) is 0 Å². The van der Waals surface area contributed by atoms with Crippen molar-refractivity contribution in [1.82, 2.24) is 20.1 Å². The summed E-state index contributed by atoms with van der Waals surface area (Å²) < 4.78 is 7.48. The van der Waals surface area contributed by atoms with Gasteiger partial charge >= 0.3 is 0 Å². The minimum atomic E-state index is -0.00777. The molecule has 24 heavy (non-hydrogen) atoms. The van der Waals surface area contributed by atoms with Crippen LogP contribution in [0.4, 0.5) is 0 Å². The van der Waals surface area contributed by atoms with Crippen molar-refractivity contribution in [3.8, 4) is 5.69 Å². The third kappa shape index (κ3) is 4.15. The third-order valence-electron chi connectivity index (χ3n) is 3.97. The number of nitrogens with zero attached hydrogens (tertiary/aromatic N) is 3. The molecular formula is C17H22N4O2S. The van der Waals surface area contributed by atoms with E-state index in [1.54, 1.807) is 0 Å².